The van der Waals surface area contributed by atoms with E-state index in [9.17, 15) is 4.79 Å². The Kier molecular flexibility index (Phi) is 3.78. The van der Waals surface area contributed by atoms with E-state index in [0.717, 1.165) is 31.6 Å². The predicted molar refractivity (Wildman–Crippen MR) is 77.3 cm³/mol. The van der Waals surface area contributed by atoms with Crippen LogP contribution in [0.2, 0.25) is 0 Å². The minimum absolute atomic E-state index is 0.0256. The molecule has 0 aromatic carbocycles. The molecule has 1 aliphatic heterocycles. The number of hydrogen-bond donors (Lipinski definition) is 2. The van der Waals surface area contributed by atoms with E-state index in [1.54, 1.807) is 6.07 Å². The van der Waals surface area contributed by atoms with Crippen LogP contribution in [0.3, 0.4) is 0 Å². The zero-order chi connectivity index (χ0) is 14.8. The molecule has 0 spiro atoms. The molecule has 0 bridgehead atoms. The molecule has 0 radical (unpaired) electrons. The molecule has 0 saturated heterocycles. The predicted octanol–water partition coefficient (Wildman–Crippen LogP) is 1.83. The molecule has 21 heavy (non-hydrogen) atoms. The Morgan fingerprint density at radius 3 is 2.95 bits per heavy atom. The van der Waals surface area contributed by atoms with Crippen LogP contribution in [0.4, 0.5) is 5.69 Å². The highest BCUT2D eigenvalue weighted by Gasteiger charge is 2.18. The summed E-state index contributed by atoms with van der Waals surface area (Å²) in [5.74, 6) is -0.0973. The van der Waals surface area contributed by atoms with Gasteiger partial charge in [-0.3, -0.25) is 0 Å². The zero-order valence-electron chi connectivity index (χ0n) is 11.3. The first-order valence-electron chi connectivity index (χ1n) is 6.75. The summed E-state index contributed by atoms with van der Waals surface area (Å²) in [7, 11) is 0. The number of nitrogens with two attached hydrogens (primary N) is 1. The summed E-state index contributed by atoms with van der Waals surface area (Å²) in [5.41, 5.74) is 6.29. The van der Waals surface area contributed by atoms with Gasteiger partial charge in [-0.15, -0.1) is 10.2 Å². The number of hydrogen-bond acceptors (Lipinski definition) is 6. The minimum atomic E-state index is -1.07. The van der Waals surface area contributed by atoms with Gasteiger partial charge in [-0.1, -0.05) is 6.42 Å². The van der Waals surface area contributed by atoms with Gasteiger partial charge in [-0.25, -0.2) is 9.78 Å². The molecule has 0 fully saturated rings. The number of carbonyl (C=O) groups is 1. The van der Waals surface area contributed by atoms with Crippen LogP contribution in [0.25, 0.3) is 0 Å². The minimum Gasteiger partial charge on any atom is -0.477 e. The quantitative estimate of drug-likeness (QED) is 0.890. The summed E-state index contributed by atoms with van der Waals surface area (Å²) >= 11 is 1.27. The summed E-state index contributed by atoms with van der Waals surface area (Å²) in [6.07, 6.45) is 4.32. The molecule has 2 aromatic rings. The van der Waals surface area contributed by atoms with E-state index in [1.807, 2.05) is 0 Å². The number of nitrogen functional groups attached to an aromatic ring is 1. The van der Waals surface area contributed by atoms with E-state index in [1.165, 1.54) is 24.2 Å². The van der Waals surface area contributed by atoms with E-state index in [-0.39, 0.29) is 5.69 Å². The molecule has 3 heterocycles. The average Bonchev–Trinajstić information content (AvgIpc) is 2.70. The summed E-state index contributed by atoms with van der Waals surface area (Å²) in [5, 5.41) is 18.6. The van der Waals surface area contributed by atoms with E-state index in [0.29, 0.717) is 15.9 Å². The van der Waals surface area contributed by atoms with Crippen LogP contribution in [0.1, 0.15) is 35.6 Å². The number of aryl methyl sites for hydroxylation is 1. The fourth-order valence-electron chi connectivity index (χ4n) is 2.27. The van der Waals surface area contributed by atoms with Gasteiger partial charge in [-0.2, -0.15) is 0 Å². The van der Waals surface area contributed by atoms with Crippen LogP contribution < -0.4 is 5.73 Å². The number of anilines is 1. The van der Waals surface area contributed by atoms with Crippen LogP contribution in [0, 0.1) is 0 Å². The monoisotopic (exact) mass is 305 g/mol. The van der Waals surface area contributed by atoms with Gasteiger partial charge >= 0.3 is 5.97 Å². The molecule has 0 amide bonds. The summed E-state index contributed by atoms with van der Waals surface area (Å²) in [6, 6.07) is 2.95. The maximum Gasteiger partial charge on any atom is 0.354 e. The smallest absolute Gasteiger partial charge is 0.354 e. The second kappa shape index (κ2) is 5.72. The van der Waals surface area contributed by atoms with Gasteiger partial charge in [0.2, 0.25) is 0 Å². The summed E-state index contributed by atoms with van der Waals surface area (Å²) < 4.78 is 2.08. The SMILES string of the molecule is Nc1ccc(C(=O)O)nc1Sc1nnc2n1CCCCC2. The van der Waals surface area contributed by atoms with Crippen molar-refractivity contribution < 1.29 is 9.90 Å². The highest BCUT2D eigenvalue weighted by atomic mass is 32.2. The number of carboxylic acids is 1. The first kappa shape index (κ1) is 13.9. The van der Waals surface area contributed by atoms with Gasteiger partial charge in [0.1, 0.15) is 16.5 Å². The van der Waals surface area contributed by atoms with Crippen molar-refractivity contribution in [1.82, 2.24) is 19.7 Å². The number of nitrogens with zero attached hydrogens (tertiary/aromatic N) is 4. The molecule has 1 aliphatic rings. The normalized spacial score (nSPS) is 14.5. The van der Waals surface area contributed by atoms with E-state index < -0.39 is 5.97 Å². The third-order valence-corrected chi connectivity index (χ3v) is 4.38. The number of aromatic carboxylic acids is 1. The number of fused-ring (bicyclic) bond motifs is 1. The Labute approximate surface area is 125 Å². The second-order valence-electron chi connectivity index (χ2n) is 4.86. The van der Waals surface area contributed by atoms with Gasteiger partial charge in [0.15, 0.2) is 5.16 Å². The zero-order valence-corrected chi connectivity index (χ0v) is 12.1. The molecule has 0 aliphatic carbocycles. The van der Waals surface area contributed by atoms with Crippen molar-refractivity contribution in [1.29, 1.82) is 0 Å². The highest BCUT2D eigenvalue weighted by molar-refractivity contribution is 7.99. The van der Waals surface area contributed by atoms with Gasteiger partial charge in [0.25, 0.3) is 0 Å². The van der Waals surface area contributed by atoms with Crippen LogP contribution in [0.15, 0.2) is 22.3 Å². The lowest BCUT2D eigenvalue weighted by molar-refractivity contribution is 0.0690. The van der Waals surface area contributed by atoms with Crippen molar-refractivity contribution in [2.24, 2.45) is 0 Å². The molecule has 3 N–H and O–H groups in total. The summed E-state index contributed by atoms with van der Waals surface area (Å²) in [4.78, 5) is 15.1. The molecular weight excluding hydrogens is 290 g/mol. The molecule has 0 saturated carbocycles. The lowest BCUT2D eigenvalue weighted by Crippen LogP contribution is -2.05. The third kappa shape index (κ3) is 2.85. The van der Waals surface area contributed by atoms with Crippen LogP contribution in [-0.4, -0.2) is 30.8 Å². The molecule has 0 atom stereocenters. The van der Waals surface area contributed by atoms with E-state index in [2.05, 4.69) is 19.7 Å². The molecule has 3 rings (SSSR count). The van der Waals surface area contributed by atoms with Gasteiger partial charge in [-0.05, 0) is 36.7 Å². The Bertz CT molecular complexity index is 685. The Morgan fingerprint density at radius 2 is 2.14 bits per heavy atom. The Morgan fingerprint density at radius 1 is 1.29 bits per heavy atom. The Balaban J connectivity index is 1.92. The lowest BCUT2D eigenvalue weighted by atomic mass is 10.2. The van der Waals surface area contributed by atoms with Crippen LogP contribution in [-0.2, 0) is 13.0 Å². The molecule has 8 heteroatoms. The van der Waals surface area contributed by atoms with Gasteiger partial charge in [0.05, 0.1) is 5.69 Å². The Hall–Kier alpha value is -2.09. The second-order valence-corrected chi connectivity index (χ2v) is 5.82. The molecule has 2 aromatic heterocycles. The molecular formula is C13H15N5O2S. The van der Waals surface area contributed by atoms with Gasteiger partial charge < -0.3 is 15.4 Å². The fourth-order valence-corrected chi connectivity index (χ4v) is 3.16. The number of carboxylic acid groups (broad SMARTS) is 1. The number of aromatic nitrogens is 4. The molecule has 0 unspecified atom stereocenters. The van der Waals surface area contributed by atoms with Crippen molar-refractivity contribution in [3.05, 3.63) is 23.7 Å². The fraction of sp³-hybridized carbons (Fsp3) is 0.385. The van der Waals surface area contributed by atoms with Crippen LogP contribution >= 0.6 is 11.8 Å². The van der Waals surface area contributed by atoms with Crippen LogP contribution in [0.5, 0.6) is 0 Å². The van der Waals surface area contributed by atoms with Crippen molar-refractivity contribution in [2.45, 2.75) is 42.4 Å². The maximum atomic E-state index is 11.0. The third-order valence-electron chi connectivity index (χ3n) is 3.37. The molecule has 110 valence electrons. The number of rotatable bonds is 3. The first-order chi connectivity index (χ1) is 10.1. The van der Waals surface area contributed by atoms with Crippen molar-refractivity contribution >= 4 is 23.4 Å². The van der Waals surface area contributed by atoms with Crippen molar-refractivity contribution in [3.63, 3.8) is 0 Å². The maximum absolute atomic E-state index is 11.0. The summed E-state index contributed by atoms with van der Waals surface area (Å²) in [6.45, 7) is 0.878. The van der Waals surface area contributed by atoms with E-state index >= 15 is 0 Å². The van der Waals surface area contributed by atoms with Crippen molar-refractivity contribution in [3.8, 4) is 0 Å². The first-order valence-corrected chi connectivity index (χ1v) is 7.56. The largest absolute Gasteiger partial charge is 0.477 e. The van der Waals surface area contributed by atoms with E-state index in [4.69, 9.17) is 10.8 Å². The highest BCUT2D eigenvalue weighted by Crippen LogP contribution is 2.31. The topological polar surface area (TPSA) is 107 Å². The number of pyridine rings is 1. The standard InChI is InChI=1S/C13H15N5O2S/c14-8-5-6-9(12(19)20)15-11(8)21-13-17-16-10-4-2-1-3-7-18(10)13/h5-6H,1-4,7,14H2,(H,19,20). The van der Waals surface area contributed by atoms with Crippen molar-refractivity contribution in [2.75, 3.05) is 5.73 Å². The molecule has 7 nitrogen and oxygen atoms in total. The average molecular weight is 305 g/mol. The lowest BCUT2D eigenvalue weighted by Gasteiger charge is -2.07. The van der Waals surface area contributed by atoms with Gasteiger partial charge in [0, 0.05) is 13.0 Å².